The van der Waals surface area contributed by atoms with Crippen molar-refractivity contribution in [1.29, 1.82) is 0 Å². The van der Waals surface area contributed by atoms with Crippen molar-refractivity contribution in [2.45, 2.75) is 50.2 Å². The van der Waals surface area contributed by atoms with Gasteiger partial charge in [-0.2, -0.15) is 0 Å². The Morgan fingerprint density at radius 3 is 2.06 bits per heavy atom. The number of carbonyl (C=O) groups excluding carboxylic acids is 2. The van der Waals surface area contributed by atoms with Crippen molar-refractivity contribution < 1.29 is 36.6 Å². The van der Waals surface area contributed by atoms with Gasteiger partial charge < -0.3 is 24.4 Å². The lowest BCUT2D eigenvalue weighted by molar-refractivity contribution is -0.140. The monoisotopic (exact) mass is 691 g/mol. The number of hydrogen-bond acceptors (Lipinski definition) is 7. The van der Waals surface area contributed by atoms with Gasteiger partial charge in [-0.25, -0.2) is 12.8 Å². The van der Waals surface area contributed by atoms with Gasteiger partial charge in [-0.05, 0) is 80.4 Å². The Balaban J connectivity index is 1.85. The summed E-state index contributed by atoms with van der Waals surface area (Å²) in [7, 11) is -0.137. The molecule has 1 N–H and O–H groups in total. The molecule has 0 unspecified atom stereocenters. The maximum absolute atomic E-state index is 14.6. The normalized spacial score (nSPS) is 12.1. The van der Waals surface area contributed by atoms with Crippen LogP contribution in [-0.4, -0.2) is 64.6 Å². The molecule has 260 valence electrons. The highest BCUT2D eigenvalue weighted by molar-refractivity contribution is 7.92. The number of amides is 2. The minimum atomic E-state index is -4.46. The molecule has 0 saturated heterocycles. The Bertz CT molecular complexity index is 1850. The summed E-state index contributed by atoms with van der Waals surface area (Å²) >= 11 is 0. The van der Waals surface area contributed by atoms with Gasteiger partial charge in [0.1, 0.15) is 24.2 Å². The first-order chi connectivity index (χ1) is 23.2. The van der Waals surface area contributed by atoms with Crippen LogP contribution in [0.5, 0.6) is 17.2 Å². The standard InChI is InChI=1S/C37H42FN3O7S/c1-37(2,3)39-36(43)32(22-26-11-8-7-9-12-26)40(24-27-13-10-14-30(21-27)46-4)35(42)25-41(29-17-15-28(38)16-18-29)49(44,45)31-19-20-33(47-5)34(23-31)48-6/h7-21,23,32H,22,24-25H2,1-6H3,(H,39,43)/t32-/m0/s1. The van der Waals surface area contributed by atoms with Crippen LogP contribution in [0.2, 0.25) is 0 Å². The van der Waals surface area contributed by atoms with Crippen molar-refractivity contribution in [1.82, 2.24) is 10.2 Å². The molecule has 0 saturated carbocycles. The van der Waals surface area contributed by atoms with E-state index in [9.17, 15) is 22.4 Å². The zero-order chi connectivity index (χ0) is 35.8. The molecule has 10 nitrogen and oxygen atoms in total. The highest BCUT2D eigenvalue weighted by Crippen LogP contribution is 2.32. The second-order valence-electron chi connectivity index (χ2n) is 12.3. The summed E-state index contributed by atoms with van der Waals surface area (Å²) in [5.41, 5.74) is 0.872. The van der Waals surface area contributed by atoms with Crippen molar-refractivity contribution in [3.8, 4) is 17.2 Å². The summed E-state index contributed by atoms with van der Waals surface area (Å²) < 4.78 is 59.7. The van der Waals surface area contributed by atoms with Gasteiger partial charge in [-0.3, -0.25) is 13.9 Å². The molecule has 0 aliphatic carbocycles. The van der Waals surface area contributed by atoms with Gasteiger partial charge >= 0.3 is 0 Å². The second-order valence-corrected chi connectivity index (χ2v) is 14.2. The smallest absolute Gasteiger partial charge is 0.264 e. The van der Waals surface area contributed by atoms with Crippen LogP contribution in [0.1, 0.15) is 31.9 Å². The van der Waals surface area contributed by atoms with Gasteiger partial charge in [-0.1, -0.05) is 42.5 Å². The van der Waals surface area contributed by atoms with E-state index < -0.39 is 45.8 Å². The summed E-state index contributed by atoms with van der Waals surface area (Å²) in [6, 6.07) is 24.1. The van der Waals surface area contributed by atoms with Crippen molar-refractivity contribution in [3.63, 3.8) is 0 Å². The third-order valence-corrected chi connectivity index (χ3v) is 9.36. The number of carbonyl (C=O) groups is 2. The van der Waals surface area contributed by atoms with E-state index in [4.69, 9.17) is 14.2 Å². The number of ether oxygens (including phenoxy) is 3. The minimum absolute atomic E-state index is 0.0429. The Morgan fingerprint density at radius 1 is 0.796 bits per heavy atom. The Kier molecular flexibility index (Phi) is 11.9. The van der Waals surface area contributed by atoms with Gasteiger partial charge in [0.2, 0.25) is 11.8 Å². The molecule has 4 aromatic carbocycles. The average molecular weight is 692 g/mol. The highest BCUT2D eigenvalue weighted by atomic mass is 32.2. The average Bonchev–Trinajstić information content (AvgIpc) is 3.08. The molecular weight excluding hydrogens is 649 g/mol. The van der Waals surface area contributed by atoms with Crippen LogP contribution in [0, 0.1) is 5.82 Å². The topological polar surface area (TPSA) is 114 Å². The number of benzene rings is 4. The van der Waals surface area contributed by atoms with Gasteiger partial charge in [0.25, 0.3) is 10.0 Å². The highest BCUT2D eigenvalue weighted by Gasteiger charge is 2.36. The van der Waals surface area contributed by atoms with E-state index in [1.165, 1.54) is 56.6 Å². The summed E-state index contributed by atoms with van der Waals surface area (Å²) in [5, 5.41) is 3.00. The predicted molar refractivity (Wildman–Crippen MR) is 186 cm³/mol. The number of nitrogens with one attached hydrogen (secondary N) is 1. The van der Waals surface area contributed by atoms with E-state index in [0.717, 1.165) is 22.0 Å². The summed E-state index contributed by atoms with van der Waals surface area (Å²) in [6.45, 7) is 4.76. The zero-order valence-electron chi connectivity index (χ0n) is 28.5. The number of anilines is 1. The Hall–Kier alpha value is -5.10. The Labute approximate surface area is 287 Å². The Morgan fingerprint density at radius 2 is 1.45 bits per heavy atom. The fraction of sp³-hybridized carbons (Fsp3) is 0.297. The maximum Gasteiger partial charge on any atom is 0.264 e. The van der Waals surface area contributed by atoms with Crippen molar-refractivity contribution in [2.75, 3.05) is 32.2 Å². The van der Waals surface area contributed by atoms with Gasteiger partial charge in [0.05, 0.1) is 31.9 Å². The van der Waals surface area contributed by atoms with Crippen molar-refractivity contribution in [2.24, 2.45) is 0 Å². The van der Waals surface area contributed by atoms with Crippen molar-refractivity contribution >= 4 is 27.5 Å². The molecule has 0 aliphatic rings. The second kappa shape index (κ2) is 15.9. The van der Waals surface area contributed by atoms with E-state index >= 15 is 0 Å². The van der Waals surface area contributed by atoms with E-state index in [0.29, 0.717) is 17.1 Å². The first-order valence-corrected chi connectivity index (χ1v) is 17.0. The SMILES string of the molecule is COc1cccc(CN(C(=O)CN(c2ccc(F)cc2)S(=O)(=O)c2ccc(OC)c(OC)c2)[C@@H](Cc2ccccc2)C(=O)NC(C)(C)C)c1. The summed E-state index contributed by atoms with van der Waals surface area (Å²) in [4.78, 5) is 29.9. The number of nitrogens with zero attached hydrogens (tertiary/aromatic N) is 2. The molecule has 0 spiro atoms. The van der Waals surface area contributed by atoms with Gasteiger partial charge in [0, 0.05) is 24.6 Å². The number of methoxy groups -OCH3 is 3. The van der Waals surface area contributed by atoms with Crippen LogP contribution in [0.25, 0.3) is 0 Å². The van der Waals surface area contributed by atoms with E-state index in [2.05, 4.69) is 5.32 Å². The molecule has 2 amide bonds. The van der Waals surface area contributed by atoms with Crippen LogP contribution in [0.3, 0.4) is 0 Å². The fourth-order valence-electron chi connectivity index (χ4n) is 5.21. The lowest BCUT2D eigenvalue weighted by atomic mass is 10.0. The van der Waals surface area contributed by atoms with Gasteiger partial charge in [-0.15, -0.1) is 0 Å². The molecule has 0 aliphatic heterocycles. The molecule has 12 heteroatoms. The van der Waals surface area contributed by atoms with Crippen LogP contribution in [0.4, 0.5) is 10.1 Å². The zero-order valence-corrected chi connectivity index (χ0v) is 29.3. The maximum atomic E-state index is 14.6. The lowest BCUT2D eigenvalue weighted by Gasteiger charge is -2.35. The fourth-order valence-corrected chi connectivity index (χ4v) is 6.64. The molecule has 0 aromatic heterocycles. The third-order valence-electron chi connectivity index (χ3n) is 7.59. The molecule has 0 fully saturated rings. The number of halogens is 1. The quantitative estimate of drug-likeness (QED) is 0.183. The number of hydrogen-bond donors (Lipinski definition) is 1. The molecule has 0 bridgehead atoms. The minimum Gasteiger partial charge on any atom is -0.497 e. The predicted octanol–water partition coefficient (Wildman–Crippen LogP) is 5.60. The third kappa shape index (κ3) is 9.50. The molecule has 0 heterocycles. The van der Waals surface area contributed by atoms with Crippen molar-refractivity contribution in [3.05, 3.63) is 114 Å². The van der Waals surface area contributed by atoms with Gasteiger partial charge in [0.15, 0.2) is 11.5 Å². The first-order valence-electron chi connectivity index (χ1n) is 15.5. The summed E-state index contributed by atoms with van der Waals surface area (Å²) in [6.07, 6.45) is 0.150. The van der Waals surface area contributed by atoms with Crippen LogP contribution < -0.4 is 23.8 Å². The molecule has 1 atom stereocenters. The molecular formula is C37H42FN3O7S. The summed E-state index contributed by atoms with van der Waals surface area (Å²) in [5.74, 6) is -0.642. The largest absolute Gasteiger partial charge is 0.497 e. The van der Waals surface area contributed by atoms with Crippen LogP contribution >= 0.6 is 0 Å². The van der Waals surface area contributed by atoms with E-state index in [1.807, 2.05) is 51.1 Å². The number of sulfonamides is 1. The van der Waals surface area contributed by atoms with E-state index in [1.54, 1.807) is 24.3 Å². The first kappa shape index (κ1) is 36.7. The molecule has 4 rings (SSSR count). The van der Waals surface area contributed by atoms with Crippen LogP contribution in [0.15, 0.2) is 102 Å². The van der Waals surface area contributed by atoms with E-state index in [-0.39, 0.29) is 29.3 Å². The molecule has 4 aromatic rings. The molecule has 49 heavy (non-hydrogen) atoms. The number of rotatable bonds is 14. The lowest BCUT2D eigenvalue weighted by Crippen LogP contribution is -2.56. The molecule has 0 radical (unpaired) electrons. The van der Waals surface area contributed by atoms with Crippen LogP contribution in [-0.2, 0) is 32.6 Å².